The quantitative estimate of drug-likeness (QED) is 0.716. The molecule has 0 amide bonds. The van der Waals surface area contributed by atoms with Gasteiger partial charge in [-0.3, -0.25) is 4.72 Å². The first-order valence-corrected chi connectivity index (χ1v) is 9.60. The van der Waals surface area contributed by atoms with Gasteiger partial charge in [-0.25, -0.2) is 8.42 Å². The van der Waals surface area contributed by atoms with Gasteiger partial charge in [0.2, 0.25) is 5.89 Å². The molecular formula is C19H19N3O3S. The van der Waals surface area contributed by atoms with E-state index in [4.69, 9.17) is 4.52 Å². The molecule has 7 heteroatoms. The van der Waals surface area contributed by atoms with Gasteiger partial charge in [-0.1, -0.05) is 53.2 Å². The first-order chi connectivity index (χ1) is 12.4. The van der Waals surface area contributed by atoms with Gasteiger partial charge in [0.05, 0.1) is 17.5 Å². The van der Waals surface area contributed by atoms with Crippen LogP contribution in [0.2, 0.25) is 0 Å². The van der Waals surface area contributed by atoms with E-state index in [2.05, 4.69) is 14.9 Å². The van der Waals surface area contributed by atoms with Crippen molar-refractivity contribution in [3.63, 3.8) is 0 Å². The molecule has 0 aliphatic heterocycles. The van der Waals surface area contributed by atoms with E-state index in [9.17, 15) is 8.42 Å². The van der Waals surface area contributed by atoms with Crippen molar-refractivity contribution in [1.82, 2.24) is 10.1 Å². The standard InChI is InChI=1S/C19H19N3O3S/c1-14-7-9-16(10-8-14)11-12-26(23,24)22-18-6-4-3-5-17(18)13-19-20-15(2)21-25-19/h3-12,22H,13H2,1-2H3/b12-11+. The number of sulfonamides is 1. The summed E-state index contributed by atoms with van der Waals surface area (Å²) >= 11 is 0. The molecule has 0 aliphatic rings. The molecule has 1 N–H and O–H groups in total. The highest BCUT2D eigenvalue weighted by Crippen LogP contribution is 2.20. The van der Waals surface area contributed by atoms with Crippen LogP contribution >= 0.6 is 0 Å². The summed E-state index contributed by atoms with van der Waals surface area (Å²) in [5.41, 5.74) is 3.17. The van der Waals surface area contributed by atoms with Gasteiger partial charge in [0.1, 0.15) is 0 Å². The second-order valence-electron chi connectivity index (χ2n) is 5.93. The van der Waals surface area contributed by atoms with Crippen LogP contribution in [0.15, 0.2) is 58.5 Å². The molecule has 1 heterocycles. The predicted octanol–water partition coefficient (Wildman–Crippen LogP) is 3.69. The van der Waals surface area contributed by atoms with Gasteiger partial charge in [0.15, 0.2) is 5.82 Å². The maximum absolute atomic E-state index is 12.4. The first-order valence-electron chi connectivity index (χ1n) is 8.06. The Balaban J connectivity index is 1.78. The summed E-state index contributed by atoms with van der Waals surface area (Å²) in [7, 11) is -3.65. The number of aromatic nitrogens is 2. The predicted molar refractivity (Wildman–Crippen MR) is 101 cm³/mol. The molecule has 6 nitrogen and oxygen atoms in total. The molecule has 26 heavy (non-hydrogen) atoms. The molecule has 0 saturated heterocycles. The summed E-state index contributed by atoms with van der Waals surface area (Å²) in [6, 6.07) is 14.7. The van der Waals surface area contributed by atoms with E-state index in [1.807, 2.05) is 43.3 Å². The zero-order valence-electron chi connectivity index (χ0n) is 14.5. The summed E-state index contributed by atoms with van der Waals surface area (Å²) in [5.74, 6) is 0.975. The Kier molecular flexibility index (Phi) is 5.18. The second kappa shape index (κ2) is 7.53. The van der Waals surface area contributed by atoms with Gasteiger partial charge in [0, 0.05) is 0 Å². The average Bonchev–Trinajstić information content (AvgIpc) is 3.01. The largest absolute Gasteiger partial charge is 0.339 e. The highest BCUT2D eigenvalue weighted by molar-refractivity contribution is 7.95. The van der Waals surface area contributed by atoms with Crippen LogP contribution in [0.1, 0.15) is 28.4 Å². The molecule has 0 spiro atoms. The van der Waals surface area contributed by atoms with Crippen molar-refractivity contribution in [3.8, 4) is 0 Å². The number of nitrogens with one attached hydrogen (secondary N) is 1. The fraction of sp³-hybridized carbons (Fsp3) is 0.158. The Labute approximate surface area is 152 Å². The highest BCUT2D eigenvalue weighted by atomic mass is 32.2. The minimum absolute atomic E-state index is 0.348. The molecule has 0 radical (unpaired) electrons. The van der Waals surface area contributed by atoms with Crippen molar-refractivity contribution in [2.45, 2.75) is 20.3 Å². The van der Waals surface area contributed by atoms with Crippen molar-refractivity contribution in [2.75, 3.05) is 4.72 Å². The SMILES string of the molecule is Cc1ccc(/C=C/S(=O)(=O)Nc2ccccc2Cc2nc(C)no2)cc1. The van der Waals surface area contributed by atoms with E-state index in [1.165, 1.54) is 0 Å². The third-order valence-corrected chi connectivity index (χ3v) is 4.70. The molecule has 134 valence electrons. The van der Waals surface area contributed by atoms with Crippen LogP contribution in [0.4, 0.5) is 5.69 Å². The first kappa shape index (κ1) is 17.9. The number of nitrogens with zero attached hydrogens (tertiary/aromatic N) is 2. The van der Waals surface area contributed by atoms with E-state index < -0.39 is 10.0 Å². The van der Waals surface area contributed by atoms with Gasteiger partial charge in [0.25, 0.3) is 10.0 Å². The van der Waals surface area contributed by atoms with Gasteiger partial charge >= 0.3 is 0 Å². The molecule has 0 bridgehead atoms. The lowest BCUT2D eigenvalue weighted by molar-refractivity contribution is 0.381. The molecule has 2 aromatic carbocycles. The van der Waals surface area contributed by atoms with Crippen LogP contribution in [0, 0.1) is 13.8 Å². The van der Waals surface area contributed by atoms with Crippen molar-refractivity contribution < 1.29 is 12.9 Å². The fourth-order valence-corrected chi connectivity index (χ4v) is 3.29. The van der Waals surface area contributed by atoms with E-state index in [-0.39, 0.29) is 0 Å². The molecule has 3 aromatic rings. The van der Waals surface area contributed by atoms with Crippen LogP contribution in [0.3, 0.4) is 0 Å². The topological polar surface area (TPSA) is 85.1 Å². The summed E-state index contributed by atoms with van der Waals surface area (Å²) in [6.45, 7) is 3.71. The van der Waals surface area contributed by atoms with Gasteiger partial charge in [-0.05, 0) is 37.1 Å². The Hall–Kier alpha value is -2.93. The van der Waals surface area contributed by atoms with Crippen molar-refractivity contribution in [1.29, 1.82) is 0 Å². The lowest BCUT2D eigenvalue weighted by Crippen LogP contribution is -2.10. The van der Waals surface area contributed by atoms with Crippen LogP contribution in [-0.4, -0.2) is 18.6 Å². The molecule has 1 aromatic heterocycles. The molecule has 0 atom stereocenters. The lowest BCUT2D eigenvalue weighted by Gasteiger charge is -2.09. The van der Waals surface area contributed by atoms with Crippen molar-refractivity contribution >= 4 is 21.8 Å². The molecule has 0 fully saturated rings. The van der Waals surface area contributed by atoms with E-state index in [0.717, 1.165) is 22.1 Å². The Morgan fingerprint density at radius 1 is 1.08 bits per heavy atom. The zero-order valence-corrected chi connectivity index (χ0v) is 15.3. The number of rotatable bonds is 6. The van der Waals surface area contributed by atoms with Crippen LogP contribution < -0.4 is 4.72 Å². The Morgan fingerprint density at radius 2 is 1.81 bits per heavy atom. The Morgan fingerprint density at radius 3 is 2.50 bits per heavy atom. The molecular weight excluding hydrogens is 350 g/mol. The minimum atomic E-state index is -3.65. The smallest absolute Gasteiger partial charge is 0.255 e. The second-order valence-corrected chi connectivity index (χ2v) is 7.50. The molecule has 3 rings (SSSR count). The maximum atomic E-state index is 12.4. The minimum Gasteiger partial charge on any atom is -0.339 e. The van der Waals surface area contributed by atoms with Gasteiger partial charge in [-0.15, -0.1) is 0 Å². The summed E-state index contributed by atoms with van der Waals surface area (Å²) in [4.78, 5) is 4.16. The highest BCUT2D eigenvalue weighted by Gasteiger charge is 2.12. The summed E-state index contributed by atoms with van der Waals surface area (Å²) < 4.78 is 32.5. The zero-order chi connectivity index (χ0) is 18.6. The maximum Gasteiger partial charge on any atom is 0.255 e. The van der Waals surface area contributed by atoms with E-state index in [0.29, 0.717) is 23.8 Å². The van der Waals surface area contributed by atoms with Crippen LogP contribution in [-0.2, 0) is 16.4 Å². The monoisotopic (exact) mass is 369 g/mol. The summed E-state index contributed by atoms with van der Waals surface area (Å²) in [5, 5.41) is 4.91. The van der Waals surface area contributed by atoms with Crippen molar-refractivity contribution in [2.24, 2.45) is 0 Å². The van der Waals surface area contributed by atoms with Crippen LogP contribution in [0.5, 0.6) is 0 Å². The number of hydrogen-bond donors (Lipinski definition) is 1. The third-order valence-electron chi connectivity index (χ3n) is 3.70. The molecule has 0 aliphatic carbocycles. The van der Waals surface area contributed by atoms with E-state index >= 15 is 0 Å². The number of para-hydroxylation sites is 1. The summed E-state index contributed by atoms with van der Waals surface area (Å²) in [6.07, 6.45) is 1.91. The van der Waals surface area contributed by atoms with Crippen molar-refractivity contribution in [3.05, 3.63) is 82.3 Å². The Bertz CT molecular complexity index is 1020. The van der Waals surface area contributed by atoms with Crippen LogP contribution in [0.25, 0.3) is 6.08 Å². The van der Waals surface area contributed by atoms with E-state index in [1.54, 1.807) is 25.1 Å². The number of aryl methyl sites for hydroxylation is 2. The molecule has 0 saturated carbocycles. The lowest BCUT2D eigenvalue weighted by atomic mass is 10.1. The normalized spacial score (nSPS) is 11.8. The number of benzene rings is 2. The number of anilines is 1. The number of hydrogen-bond acceptors (Lipinski definition) is 5. The van der Waals surface area contributed by atoms with Gasteiger partial charge < -0.3 is 4.52 Å². The molecule has 0 unspecified atom stereocenters. The third kappa shape index (κ3) is 4.80. The fourth-order valence-electron chi connectivity index (χ4n) is 2.38. The van der Waals surface area contributed by atoms with Gasteiger partial charge in [-0.2, -0.15) is 4.98 Å². The average molecular weight is 369 g/mol.